The number of methoxy groups -OCH3 is 1. The van der Waals surface area contributed by atoms with Crippen LogP contribution in [0.15, 0.2) is 72.3 Å². The molecule has 3 aromatic carbocycles. The lowest BCUT2D eigenvalue weighted by atomic mass is 9.94. The quantitative estimate of drug-likeness (QED) is 0.191. The SMILES string of the molecule is CCCOc1ccc(/C(O)=C2/C(=O)C(=O)N(Cc3ccc(OC)cc3)C2c2ccc(OC(C)C)cc2)cc1C. The van der Waals surface area contributed by atoms with Crippen LogP contribution in [0.3, 0.4) is 0 Å². The summed E-state index contributed by atoms with van der Waals surface area (Å²) in [6, 6.07) is 19.1. The fourth-order valence-electron chi connectivity index (χ4n) is 4.64. The second-order valence-electron chi connectivity index (χ2n) is 9.84. The van der Waals surface area contributed by atoms with Gasteiger partial charge in [-0.05, 0) is 86.3 Å². The fourth-order valence-corrected chi connectivity index (χ4v) is 4.64. The van der Waals surface area contributed by atoms with Gasteiger partial charge in [-0.15, -0.1) is 0 Å². The molecule has 0 saturated carbocycles. The van der Waals surface area contributed by atoms with Crippen molar-refractivity contribution in [3.8, 4) is 17.2 Å². The largest absolute Gasteiger partial charge is 0.507 e. The number of Topliss-reactive ketones (excluding diaryl/α,β-unsaturated/α-hetero) is 1. The van der Waals surface area contributed by atoms with Crippen LogP contribution in [0.1, 0.15) is 55.5 Å². The topological polar surface area (TPSA) is 85.3 Å². The van der Waals surface area contributed by atoms with Crippen LogP contribution >= 0.6 is 0 Å². The number of aryl methyl sites for hydroxylation is 1. The Bertz CT molecular complexity index is 1360. The Hall–Kier alpha value is -4.26. The van der Waals surface area contributed by atoms with Gasteiger partial charge in [0.15, 0.2) is 0 Å². The van der Waals surface area contributed by atoms with Crippen molar-refractivity contribution in [3.05, 3.63) is 94.6 Å². The van der Waals surface area contributed by atoms with Crippen molar-refractivity contribution in [2.75, 3.05) is 13.7 Å². The summed E-state index contributed by atoms with van der Waals surface area (Å²) in [5.74, 6) is 0.477. The molecule has 0 radical (unpaired) electrons. The highest BCUT2D eigenvalue weighted by molar-refractivity contribution is 6.46. The molecule has 204 valence electrons. The number of aliphatic hydroxyl groups is 1. The highest BCUT2D eigenvalue weighted by Gasteiger charge is 2.46. The third-order valence-corrected chi connectivity index (χ3v) is 6.53. The van der Waals surface area contributed by atoms with Crippen LogP contribution in [0.25, 0.3) is 5.76 Å². The normalized spacial score (nSPS) is 16.6. The minimum absolute atomic E-state index is 0.00377. The summed E-state index contributed by atoms with van der Waals surface area (Å²) in [7, 11) is 1.59. The Morgan fingerprint density at radius 1 is 0.974 bits per heavy atom. The molecular weight excluding hydrogens is 494 g/mol. The fraction of sp³-hybridized carbons (Fsp3) is 0.312. The average molecular weight is 530 g/mol. The number of nitrogens with zero attached hydrogens (tertiary/aromatic N) is 1. The number of rotatable bonds is 10. The molecule has 1 fully saturated rings. The summed E-state index contributed by atoms with van der Waals surface area (Å²) < 4.78 is 16.8. The summed E-state index contributed by atoms with van der Waals surface area (Å²) >= 11 is 0. The number of hydrogen-bond acceptors (Lipinski definition) is 6. The summed E-state index contributed by atoms with van der Waals surface area (Å²) in [6.45, 7) is 8.57. The smallest absolute Gasteiger partial charge is 0.295 e. The van der Waals surface area contributed by atoms with E-state index in [1.54, 1.807) is 25.3 Å². The van der Waals surface area contributed by atoms with E-state index in [2.05, 4.69) is 0 Å². The molecule has 0 spiro atoms. The molecule has 7 nitrogen and oxygen atoms in total. The molecule has 39 heavy (non-hydrogen) atoms. The molecule has 1 saturated heterocycles. The van der Waals surface area contributed by atoms with Crippen LogP contribution in [0, 0.1) is 6.92 Å². The zero-order chi connectivity index (χ0) is 28.1. The molecule has 0 aliphatic carbocycles. The number of carbonyl (C=O) groups excluding carboxylic acids is 2. The molecule has 1 amide bonds. The van der Waals surface area contributed by atoms with E-state index in [1.165, 1.54) is 4.90 Å². The Morgan fingerprint density at radius 3 is 2.23 bits per heavy atom. The molecule has 1 aliphatic heterocycles. The van der Waals surface area contributed by atoms with Gasteiger partial charge in [0, 0.05) is 12.1 Å². The maximum absolute atomic E-state index is 13.4. The lowest BCUT2D eigenvalue weighted by molar-refractivity contribution is -0.140. The number of ketones is 1. The lowest BCUT2D eigenvalue weighted by Gasteiger charge is -2.26. The molecule has 4 rings (SSSR count). The molecule has 1 unspecified atom stereocenters. The Morgan fingerprint density at radius 2 is 1.64 bits per heavy atom. The molecule has 1 N–H and O–H groups in total. The Kier molecular flexibility index (Phi) is 8.59. The lowest BCUT2D eigenvalue weighted by Crippen LogP contribution is -2.29. The van der Waals surface area contributed by atoms with Crippen molar-refractivity contribution in [2.45, 2.75) is 52.8 Å². The van der Waals surface area contributed by atoms with Gasteiger partial charge >= 0.3 is 0 Å². The van der Waals surface area contributed by atoms with E-state index >= 15 is 0 Å². The monoisotopic (exact) mass is 529 g/mol. The summed E-state index contributed by atoms with van der Waals surface area (Å²) in [5, 5.41) is 11.5. The van der Waals surface area contributed by atoms with E-state index in [1.807, 2.05) is 76.2 Å². The van der Waals surface area contributed by atoms with Crippen LogP contribution in [-0.4, -0.2) is 41.5 Å². The number of ether oxygens (including phenoxy) is 3. The number of carbonyl (C=O) groups is 2. The van der Waals surface area contributed by atoms with Crippen LogP contribution in [0.2, 0.25) is 0 Å². The van der Waals surface area contributed by atoms with Gasteiger partial charge in [-0.2, -0.15) is 0 Å². The zero-order valence-electron chi connectivity index (χ0n) is 23.1. The van der Waals surface area contributed by atoms with Crippen LogP contribution in [0.4, 0.5) is 0 Å². The van der Waals surface area contributed by atoms with Crippen molar-refractivity contribution in [1.29, 1.82) is 0 Å². The molecule has 0 bridgehead atoms. The number of hydrogen-bond donors (Lipinski definition) is 1. The average Bonchev–Trinajstić information content (AvgIpc) is 3.17. The van der Waals surface area contributed by atoms with Crippen molar-refractivity contribution in [2.24, 2.45) is 0 Å². The summed E-state index contributed by atoms with van der Waals surface area (Å²) in [4.78, 5) is 28.3. The molecular formula is C32H35NO6. The van der Waals surface area contributed by atoms with E-state index < -0.39 is 17.7 Å². The zero-order valence-corrected chi connectivity index (χ0v) is 23.1. The number of likely N-dealkylation sites (tertiary alicyclic amines) is 1. The maximum Gasteiger partial charge on any atom is 0.295 e. The van der Waals surface area contributed by atoms with Crippen LogP contribution in [0.5, 0.6) is 17.2 Å². The maximum atomic E-state index is 13.4. The number of amides is 1. The van der Waals surface area contributed by atoms with Gasteiger partial charge in [0.2, 0.25) is 0 Å². The van der Waals surface area contributed by atoms with E-state index in [9.17, 15) is 14.7 Å². The second-order valence-corrected chi connectivity index (χ2v) is 9.84. The first-order chi connectivity index (χ1) is 18.7. The minimum atomic E-state index is -0.781. The van der Waals surface area contributed by atoms with Crippen molar-refractivity contribution < 1.29 is 28.9 Å². The molecule has 3 aromatic rings. The van der Waals surface area contributed by atoms with Crippen LogP contribution in [-0.2, 0) is 16.1 Å². The van der Waals surface area contributed by atoms with E-state index in [4.69, 9.17) is 14.2 Å². The van der Waals surface area contributed by atoms with Crippen molar-refractivity contribution >= 4 is 17.4 Å². The summed E-state index contributed by atoms with van der Waals surface area (Å²) in [5.41, 5.74) is 2.85. The van der Waals surface area contributed by atoms with E-state index in [-0.39, 0.29) is 24.0 Å². The number of aliphatic hydroxyl groups excluding tert-OH is 1. The molecule has 1 atom stereocenters. The van der Waals surface area contributed by atoms with Crippen molar-refractivity contribution in [3.63, 3.8) is 0 Å². The molecule has 0 aromatic heterocycles. The first kappa shape index (κ1) is 27.8. The van der Waals surface area contributed by atoms with Gasteiger partial charge in [-0.25, -0.2) is 0 Å². The number of benzene rings is 3. The minimum Gasteiger partial charge on any atom is -0.507 e. The van der Waals surface area contributed by atoms with Gasteiger partial charge in [-0.1, -0.05) is 31.2 Å². The Labute approximate surface area is 229 Å². The van der Waals surface area contributed by atoms with Crippen molar-refractivity contribution in [1.82, 2.24) is 4.90 Å². The first-order valence-electron chi connectivity index (χ1n) is 13.1. The van der Waals surface area contributed by atoms with Gasteiger partial charge in [0.25, 0.3) is 11.7 Å². The first-order valence-corrected chi connectivity index (χ1v) is 13.1. The standard InChI is InChI=1S/C32H35NO6/c1-6-17-38-27-16-11-24(18-21(27)4)30(34)28-29(23-9-14-26(15-10-23)39-20(2)3)33(32(36)31(28)35)19-22-7-12-25(37-5)13-8-22/h7-16,18,20,29,34H,6,17,19H2,1-5H3/b30-28-. The van der Waals surface area contributed by atoms with Crippen LogP contribution < -0.4 is 14.2 Å². The van der Waals surface area contributed by atoms with Gasteiger partial charge < -0.3 is 24.2 Å². The van der Waals surface area contributed by atoms with Gasteiger partial charge in [-0.3, -0.25) is 9.59 Å². The second kappa shape index (κ2) is 12.1. The third-order valence-electron chi connectivity index (χ3n) is 6.53. The third kappa shape index (κ3) is 6.08. The Balaban J connectivity index is 1.78. The predicted molar refractivity (Wildman–Crippen MR) is 150 cm³/mol. The molecule has 1 aliphatic rings. The predicted octanol–water partition coefficient (Wildman–Crippen LogP) is 6.20. The highest BCUT2D eigenvalue weighted by Crippen LogP contribution is 2.41. The summed E-state index contributed by atoms with van der Waals surface area (Å²) in [6.07, 6.45) is 0.879. The van der Waals surface area contributed by atoms with Gasteiger partial charge in [0.1, 0.15) is 23.0 Å². The van der Waals surface area contributed by atoms with E-state index in [0.717, 1.165) is 17.5 Å². The highest BCUT2D eigenvalue weighted by atomic mass is 16.5. The molecule has 1 heterocycles. The van der Waals surface area contributed by atoms with Gasteiger partial charge in [0.05, 0.1) is 31.4 Å². The molecule has 7 heteroatoms. The van der Waals surface area contributed by atoms with E-state index in [0.29, 0.717) is 35.0 Å².